The van der Waals surface area contributed by atoms with Crippen LogP contribution in [0.25, 0.3) is 0 Å². The molecule has 15 heavy (non-hydrogen) atoms. The first-order chi connectivity index (χ1) is 7.08. The Balaban J connectivity index is 1.84. The van der Waals surface area contributed by atoms with E-state index in [-0.39, 0.29) is 12.5 Å². The highest BCUT2D eigenvalue weighted by Gasteiger charge is 2.25. The zero-order valence-corrected chi connectivity index (χ0v) is 8.78. The smallest absolute Gasteiger partial charge is 0.377 e. The van der Waals surface area contributed by atoms with Crippen molar-refractivity contribution in [3.05, 3.63) is 0 Å². The first-order valence-electron chi connectivity index (χ1n) is 5.47. The van der Waals surface area contributed by atoms with E-state index in [0.717, 1.165) is 26.0 Å². The minimum atomic E-state index is -4.01. The van der Waals surface area contributed by atoms with Gasteiger partial charge in [0, 0.05) is 19.6 Å². The molecule has 1 aliphatic rings. The van der Waals surface area contributed by atoms with Gasteiger partial charge < -0.3 is 10.1 Å². The Morgan fingerprint density at radius 2 is 2.07 bits per heavy atom. The number of unbranched alkanes of at least 4 members (excludes halogenated alkanes) is 1. The van der Waals surface area contributed by atoms with Crippen molar-refractivity contribution in [2.75, 3.05) is 19.7 Å². The molecule has 1 atom stereocenters. The summed E-state index contributed by atoms with van der Waals surface area (Å²) in [6, 6.07) is 0. The number of hydrogen-bond acceptors (Lipinski definition) is 2. The Morgan fingerprint density at radius 3 is 2.67 bits per heavy atom. The molecule has 0 saturated carbocycles. The highest BCUT2D eigenvalue weighted by molar-refractivity contribution is 4.67. The van der Waals surface area contributed by atoms with E-state index >= 15 is 0 Å². The monoisotopic (exact) mass is 225 g/mol. The molecule has 0 bridgehead atoms. The number of hydrogen-bond donors (Lipinski definition) is 1. The molecule has 0 aromatic carbocycles. The molecular weight excluding hydrogens is 207 g/mol. The molecule has 0 spiro atoms. The summed E-state index contributed by atoms with van der Waals surface area (Å²) in [6.45, 7) is 2.24. The summed E-state index contributed by atoms with van der Waals surface area (Å²) in [4.78, 5) is 0. The van der Waals surface area contributed by atoms with Crippen LogP contribution < -0.4 is 5.32 Å². The average molecular weight is 225 g/mol. The van der Waals surface area contributed by atoms with E-state index in [1.54, 1.807) is 0 Å². The summed E-state index contributed by atoms with van der Waals surface area (Å²) in [5.74, 6) is 0. The molecule has 0 amide bonds. The van der Waals surface area contributed by atoms with Crippen LogP contribution >= 0.6 is 0 Å². The van der Waals surface area contributed by atoms with Gasteiger partial charge in [-0.3, -0.25) is 0 Å². The SMILES string of the molecule is FC(F)(F)CCCCNCC1CCCO1. The molecule has 0 aliphatic carbocycles. The number of halogens is 3. The van der Waals surface area contributed by atoms with Crippen LogP contribution in [0.1, 0.15) is 32.1 Å². The van der Waals surface area contributed by atoms with Crippen LogP contribution in [0.2, 0.25) is 0 Å². The van der Waals surface area contributed by atoms with Crippen molar-refractivity contribution in [2.24, 2.45) is 0 Å². The molecule has 1 fully saturated rings. The molecule has 1 saturated heterocycles. The van der Waals surface area contributed by atoms with Gasteiger partial charge in [-0.25, -0.2) is 0 Å². The summed E-state index contributed by atoms with van der Waals surface area (Å²) in [7, 11) is 0. The van der Waals surface area contributed by atoms with Gasteiger partial charge in [0.1, 0.15) is 0 Å². The zero-order valence-electron chi connectivity index (χ0n) is 8.78. The van der Waals surface area contributed by atoms with Crippen molar-refractivity contribution in [3.63, 3.8) is 0 Å². The van der Waals surface area contributed by atoms with Gasteiger partial charge in [-0.05, 0) is 32.2 Å². The molecule has 1 aliphatic heterocycles. The van der Waals surface area contributed by atoms with Crippen molar-refractivity contribution in [3.8, 4) is 0 Å². The van der Waals surface area contributed by atoms with Gasteiger partial charge in [0.15, 0.2) is 0 Å². The molecule has 2 nitrogen and oxygen atoms in total. The van der Waals surface area contributed by atoms with E-state index in [1.165, 1.54) is 0 Å². The van der Waals surface area contributed by atoms with Gasteiger partial charge in [-0.15, -0.1) is 0 Å². The minimum absolute atomic E-state index is 0.210. The van der Waals surface area contributed by atoms with Gasteiger partial charge in [-0.2, -0.15) is 13.2 Å². The topological polar surface area (TPSA) is 21.3 Å². The Kier molecular flexibility index (Phi) is 5.39. The van der Waals surface area contributed by atoms with Crippen LogP contribution in [-0.2, 0) is 4.74 Å². The fourth-order valence-electron chi connectivity index (χ4n) is 1.64. The summed E-state index contributed by atoms with van der Waals surface area (Å²) in [6.07, 6.45) is -1.46. The van der Waals surface area contributed by atoms with Crippen LogP contribution in [0.15, 0.2) is 0 Å². The molecule has 1 rings (SSSR count). The lowest BCUT2D eigenvalue weighted by Gasteiger charge is -2.10. The molecule has 0 aromatic heterocycles. The van der Waals surface area contributed by atoms with Gasteiger partial charge >= 0.3 is 6.18 Å². The van der Waals surface area contributed by atoms with E-state index < -0.39 is 12.6 Å². The van der Waals surface area contributed by atoms with Crippen molar-refractivity contribution < 1.29 is 17.9 Å². The van der Waals surface area contributed by atoms with E-state index in [0.29, 0.717) is 13.0 Å². The maximum Gasteiger partial charge on any atom is 0.389 e. The standard InChI is InChI=1S/C10H18F3NO/c11-10(12,13)5-1-2-6-14-8-9-4-3-7-15-9/h9,14H,1-8H2. The average Bonchev–Trinajstić information content (AvgIpc) is 2.61. The fraction of sp³-hybridized carbons (Fsp3) is 1.00. The number of ether oxygens (including phenoxy) is 1. The molecule has 0 radical (unpaired) electrons. The molecular formula is C10H18F3NO. The summed E-state index contributed by atoms with van der Waals surface area (Å²) in [5.41, 5.74) is 0. The molecule has 5 heteroatoms. The normalized spacial score (nSPS) is 22.2. The van der Waals surface area contributed by atoms with Crippen LogP contribution in [0, 0.1) is 0 Å². The van der Waals surface area contributed by atoms with Crippen LogP contribution in [0.5, 0.6) is 0 Å². The van der Waals surface area contributed by atoms with Gasteiger partial charge in [0.2, 0.25) is 0 Å². The summed E-state index contributed by atoms with van der Waals surface area (Å²) >= 11 is 0. The van der Waals surface area contributed by atoms with Crippen molar-refractivity contribution >= 4 is 0 Å². The first-order valence-corrected chi connectivity index (χ1v) is 5.47. The third-order valence-corrected chi connectivity index (χ3v) is 2.46. The fourth-order valence-corrected chi connectivity index (χ4v) is 1.64. The Labute approximate surface area is 88.2 Å². The van der Waals surface area contributed by atoms with Crippen LogP contribution in [-0.4, -0.2) is 32.0 Å². The molecule has 0 aromatic rings. The maximum atomic E-state index is 11.8. The highest BCUT2D eigenvalue weighted by atomic mass is 19.4. The Morgan fingerprint density at radius 1 is 1.27 bits per heavy atom. The van der Waals surface area contributed by atoms with Crippen LogP contribution in [0.4, 0.5) is 13.2 Å². The molecule has 1 unspecified atom stereocenters. The first kappa shape index (κ1) is 12.8. The second kappa shape index (κ2) is 6.33. The van der Waals surface area contributed by atoms with E-state index in [1.807, 2.05) is 0 Å². The number of nitrogens with one attached hydrogen (secondary N) is 1. The van der Waals surface area contributed by atoms with E-state index in [2.05, 4.69) is 5.32 Å². The third kappa shape index (κ3) is 6.73. The highest BCUT2D eigenvalue weighted by Crippen LogP contribution is 2.21. The lowest BCUT2D eigenvalue weighted by atomic mass is 10.2. The predicted octanol–water partition coefficient (Wildman–Crippen LogP) is 2.49. The van der Waals surface area contributed by atoms with Gasteiger partial charge in [-0.1, -0.05) is 0 Å². The number of alkyl halides is 3. The maximum absolute atomic E-state index is 11.8. The molecule has 90 valence electrons. The largest absolute Gasteiger partial charge is 0.389 e. The lowest BCUT2D eigenvalue weighted by Crippen LogP contribution is -2.27. The summed E-state index contributed by atoms with van der Waals surface area (Å²) < 4.78 is 40.7. The number of rotatable bonds is 6. The van der Waals surface area contributed by atoms with Crippen molar-refractivity contribution in [2.45, 2.75) is 44.4 Å². The quantitative estimate of drug-likeness (QED) is 0.701. The zero-order chi connectivity index (χ0) is 11.1. The summed E-state index contributed by atoms with van der Waals surface area (Å²) in [5, 5.41) is 3.12. The van der Waals surface area contributed by atoms with E-state index in [4.69, 9.17) is 4.74 Å². The second-order valence-electron chi connectivity index (χ2n) is 3.91. The van der Waals surface area contributed by atoms with Crippen molar-refractivity contribution in [1.29, 1.82) is 0 Å². The molecule has 1 N–H and O–H groups in total. The van der Waals surface area contributed by atoms with Crippen molar-refractivity contribution in [1.82, 2.24) is 5.32 Å². The Bertz CT molecular complexity index is 167. The van der Waals surface area contributed by atoms with Gasteiger partial charge in [0.25, 0.3) is 0 Å². The Hall–Kier alpha value is -0.290. The van der Waals surface area contributed by atoms with Crippen LogP contribution in [0.3, 0.4) is 0 Å². The molecule has 1 heterocycles. The third-order valence-electron chi connectivity index (χ3n) is 2.46. The minimum Gasteiger partial charge on any atom is -0.377 e. The lowest BCUT2D eigenvalue weighted by molar-refractivity contribution is -0.135. The van der Waals surface area contributed by atoms with Gasteiger partial charge in [0.05, 0.1) is 6.10 Å². The second-order valence-corrected chi connectivity index (χ2v) is 3.91. The predicted molar refractivity (Wildman–Crippen MR) is 51.7 cm³/mol. The van der Waals surface area contributed by atoms with E-state index in [9.17, 15) is 13.2 Å².